The van der Waals surface area contributed by atoms with Gasteiger partial charge in [-0.05, 0) is 65.4 Å². The molecule has 2 heterocycles. The van der Waals surface area contributed by atoms with Crippen LogP contribution >= 0.6 is 35.1 Å². The van der Waals surface area contributed by atoms with Crippen LogP contribution in [-0.4, -0.2) is 26.7 Å². The summed E-state index contributed by atoms with van der Waals surface area (Å²) in [5.41, 5.74) is 5.82. The van der Waals surface area contributed by atoms with Crippen LogP contribution in [0.4, 0.5) is 0 Å². The first-order valence-corrected chi connectivity index (χ1v) is 14.4. The van der Waals surface area contributed by atoms with Crippen molar-refractivity contribution < 1.29 is 4.79 Å². The van der Waals surface area contributed by atoms with E-state index >= 15 is 0 Å². The average molecular weight is 545 g/mol. The zero-order chi connectivity index (χ0) is 25.6. The molecule has 0 fully saturated rings. The lowest BCUT2D eigenvalue weighted by molar-refractivity contribution is 0.0951. The molecule has 2 aromatic heterocycles. The first kappa shape index (κ1) is 25.4. The minimum Gasteiger partial charge on any atom is -0.348 e. The van der Waals surface area contributed by atoms with E-state index in [4.69, 9.17) is 16.6 Å². The zero-order valence-electron chi connectivity index (χ0n) is 20.2. The molecule has 5 aromatic rings. The summed E-state index contributed by atoms with van der Waals surface area (Å²) in [5.74, 6) is 0.673. The Kier molecular flexibility index (Phi) is 8.14. The molecular formula is C29H25ClN4OS2. The molecule has 0 spiro atoms. The highest BCUT2D eigenvalue weighted by atomic mass is 35.5. The number of hydrogen-bond donors (Lipinski definition) is 1. The van der Waals surface area contributed by atoms with Crippen molar-refractivity contribution in [3.05, 3.63) is 119 Å². The van der Waals surface area contributed by atoms with Gasteiger partial charge >= 0.3 is 0 Å². The number of fused-ring (bicyclic) bond motifs is 1. The quantitative estimate of drug-likeness (QED) is 0.201. The molecule has 0 atom stereocenters. The smallest absolute Gasteiger partial charge is 0.251 e. The van der Waals surface area contributed by atoms with Crippen molar-refractivity contribution in [1.82, 2.24) is 19.9 Å². The predicted octanol–water partition coefficient (Wildman–Crippen LogP) is 7.08. The van der Waals surface area contributed by atoms with Crippen LogP contribution in [0.5, 0.6) is 0 Å². The van der Waals surface area contributed by atoms with Crippen molar-refractivity contribution in [2.75, 3.05) is 6.26 Å². The average Bonchev–Trinajstić information content (AvgIpc) is 3.28. The Balaban J connectivity index is 1.28. The van der Waals surface area contributed by atoms with Gasteiger partial charge in [0.15, 0.2) is 5.16 Å². The lowest BCUT2D eigenvalue weighted by atomic mass is 10.1. The molecule has 8 heteroatoms. The molecule has 0 aliphatic carbocycles. The summed E-state index contributed by atoms with van der Waals surface area (Å²) >= 11 is 9.53. The Bertz CT molecular complexity index is 1520. The van der Waals surface area contributed by atoms with Gasteiger partial charge in [0.1, 0.15) is 0 Å². The summed E-state index contributed by atoms with van der Waals surface area (Å²) < 4.78 is 2.17. The van der Waals surface area contributed by atoms with Gasteiger partial charge < -0.3 is 9.88 Å². The van der Waals surface area contributed by atoms with Gasteiger partial charge in [0.05, 0.1) is 23.8 Å². The van der Waals surface area contributed by atoms with Gasteiger partial charge in [0.25, 0.3) is 5.91 Å². The van der Waals surface area contributed by atoms with E-state index < -0.39 is 0 Å². The third-order valence-corrected chi connectivity index (χ3v) is 7.97. The van der Waals surface area contributed by atoms with E-state index in [1.165, 1.54) is 4.90 Å². The summed E-state index contributed by atoms with van der Waals surface area (Å²) in [6, 6.07) is 25.8. The lowest BCUT2D eigenvalue weighted by Gasteiger charge is -2.10. The molecule has 0 saturated heterocycles. The van der Waals surface area contributed by atoms with Crippen LogP contribution in [0.2, 0.25) is 5.02 Å². The van der Waals surface area contributed by atoms with Gasteiger partial charge in [-0.3, -0.25) is 9.78 Å². The van der Waals surface area contributed by atoms with Crippen molar-refractivity contribution in [2.45, 2.75) is 28.9 Å². The van der Waals surface area contributed by atoms with Gasteiger partial charge in [0.2, 0.25) is 0 Å². The number of hydrogen-bond acceptors (Lipinski definition) is 5. The maximum atomic E-state index is 12.7. The van der Waals surface area contributed by atoms with Gasteiger partial charge in [-0.15, -0.1) is 11.8 Å². The molecule has 0 aliphatic rings. The number of amides is 1. The van der Waals surface area contributed by atoms with Crippen molar-refractivity contribution in [3.63, 3.8) is 0 Å². The fourth-order valence-corrected chi connectivity index (χ4v) is 5.54. The third kappa shape index (κ3) is 6.36. The molecule has 5 rings (SSSR count). The number of aromatic nitrogens is 3. The summed E-state index contributed by atoms with van der Waals surface area (Å²) in [7, 11) is 0. The van der Waals surface area contributed by atoms with Gasteiger partial charge in [-0.2, -0.15) is 0 Å². The van der Waals surface area contributed by atoms with Crippen molar-refractivity contribution in [1.29, 1.82) is 0 Å². The minimum atomic E-state index is -0.0875. The molecule has 0 bridgehead atoms. The number of imidazole rings is 1. The Morgan fingerprint density at radius 1 is 0.973 bits per heavy atom. The monoisotopic (exact) mass is 544 g/mol. The predicted molar refractivity (Wildman–Crippen MR) is 153 cm³/mol. The first-order valence-electron chi connectivity index (χ1n) is 11.8. The number of nitrogens with zero attached hydrogens (tertiary/aromatic N) is 3. The number of rotatable bonds is 9. The normalized spacial score (nSPS) is 11.1. The van der Waals surface area contributed by atoms with Gasteiger partial charge in [-0.25, -0.2) is 4.98 Å². The largest absolute Gasteiger partial charge is 0.348 e. The van der Waals surface area contributed by atoms with E-state index in [0.717, 1.165) is 43.7 Å². The van der Waals surface area contributed by atoms with E-state index in [9.17, 15) is 4.79 Å². The molecule has 0 aliphatic heterocycles. The van der Waals surface area contributed by atoms with E-state index in [1.54, 1.807) is 29.7 Å². The van der Waals surface area contributed by atoms with E-state index in [-0.39, 0.29) is 5.91 Å². The van der Waals surface area contributed by atoms with E-state index in [2.05, 4.69) is 33.1 Å². The second-order valence-electron chi connectivity index (χ2n) is 8.49. The SMILES string of the molecule is CSc1ccc(CNC(=O)c2ccc(Cn3c(SCc4cccc(Cl)c4)nc4ccncc43)cc2)cc1. The third-order valence-electron chi connectivity index (χ3n) is 5.94. The number of thioether (sulfide) groups is 2. The number of halogens is 1. The first-order chi connectivity index (χ1) is 18.1. The highest BCUT2D eigenvalue weighted by Crippen LogP contribution is 2.28. The highest BCUT2D eigenvalue weighted by molar-refractivity contribution is 7.98. The van der Waals surface area contributed by atoms with Crippen molar-refractivity contribution >= 4 is 52.1 Å². The van der Waals surface area contributed by atoms with Crippen LogP contribution in [-0.2, 0) is 18.8 Å². The Hall–Kier alpha value is -3.26. The molecule has 0 saturated carbocycles. The van der Waals surface area contributed by atoms with E-state index in [0.29, 0.717) is 18.7 Å². The van der Waals surface area contributed by atoms with Crippen molar-refractivity contribution in [3.8, 4) is 0 Å². The second kappa shape index (κ2) is 11.9. The second-order valence-corrected chi connectivity index (χ2v) is 10.7. The number of carbonyl (C=O) groups is 1. The highest BCUT2D eigenvalue weighted by Gasteiger charge is 2.13. The minimum absolute atomic E-state index is 0.0875. The Morgan fingerprint density at radius 2 is 1.76 bits per heavy atom. The topological polar surface area (TPSA) is 59.8 Å². The van der Waals surface area contributed by atoms with Gasteiger partial charge in [-0.1, -0.05) is 59.8 Å². The molecule has 3 aromatic carbocycles. The maximum absolute atomic E-state index is 12.7. The molecule has 1 N–H and O–H groups in total. The Morgan fingerprint density at radius 3 is 2.51 bits per heavy atom. The maximum Gasteiger partial charge on any atom is 0.251 e. The molecule has 37 heavy (non-hydrogen) atoms. The lowest BCUT2D eigenvalue weighted by Crippen LogP contribution is -2.22. The fourth-order valence-electron chi connectivity index (χ4n) is 3.96. The van der Waals surface area contributed by atoms with Crippen LogP contribution in [0.1, 0.15) is 27.0 Å². The van der Waals surface area contributed by atoms with Crippen LogP contribution in [0.15, 0.2) is 101 Å². The number of benzene rings is 3. The van der Waals surface area contributed by atoms with Gasteiger partial charge in [0, 0.05) is 34.0 Å². The molecule has 1 amide bonds. The van der Waals surface area contributed by atoms with Crippen molar-refractivity contribution in [2.24, 2.45) is 0 Å². The molecule has 5 nitrogen and oxygen atoms in total. The fraction of sp³-hybridized carbons (Fsp3) is 0.138. The summed E-state index contributed by atoms with van der Waals surface area (Å²) in [4.78, 5) is 23.1. The molecule has 0 radical (unpaired) electrons. The van der Waals surface area contributed by atoms with E-state index in [1.807, 2.05) is 73.1 Å². The molecule has 186 valence electrons. The Labute approximate surface area is 229 Å². The summed E-state index contributed by atoms with van der Waals surface area (Å²) in [6.07, 6.45) is 5.66. The summed E-state index contributed by atoms with van der Waals surface area (Å²) in [6.45, 7) is 1.13. The van der Waals surface area contributed by atoms with Crippen LogP contribution < -0.4 is 5.32 Å². The number of nitrogens with one attached hydrogen (secondary N) is 1. The standard InChI is InChI=1S/C29H25ClN4OS2/c1-36-25-11-7-20(8-12-25)16-32-28(35)23-9-5-21(6-10-23)18-34-27-17-31-14-13-26(27)33-29(34)37-19-22-3-2-4-24(30)15-22/h2-15,17H,16,18-19H2,1H3,(H,32,35). The van der Waals surface area contributed by atoms with Crippen LogP contribution in [0.3, 0.4) is 0 Å². The van der Waals surface area contributed by atoms with Crippen LogP contribution in [0, 0.1) is 0 Å². The van der Waals surface area contributed by atoms with Crippen LogP contribution in [0.25, 0.3) is 11.0 Å². The zero-order valence-corrected chi connectivity index (χ0v) is 22.6. The number of carbonyl (C=O) groups excluding carboxylic acids is 1. The number of pyridine rings is 1. The molecular weight excluding hydrogens is 520 g/mol. The summed E-state index contributed by atoms with van der Waals surface area (Å²) in [5, 5.41) is 4.65. The molecule has 0 unspecified atom stereocenters.